The largest absolute Gasteiger partial charge is 0.496 e. The Balaban J connectivity index is 2.66. The van der Waals surface area contributed by atoms with Crippen LogP contribution in [0.15, 0.2) is 48.5 Å². The van der Waals surface area contributed by atoms with Crippen molar-refractivity contribution < 1.29 is 9.53 Å². The Morgan fingerprint density at radius 3 is 2.26 bits per heavy atom. The first-order chi connectivity index (χ1) is 9.15. The second kappa shape index (κ2) is 5.57. The van der Waals surface area contributed by atoms with Crippen molar-refractivity contribution in [1.29, 1.82) is 0 Å². The molecule has 0 aliphatic heterocycles. The zero-order valence-corrected chi connectivity index (χ0v) is 11.4. The van der Waals surface area contributed by atoms with Gasteiger partial charge in [-0.2, -0.15) is 0 Å². The lowest BCUT2D eigenvalue weighted by atomic mass is 9.98. The Morgan fingerprint density at radius 2 is 1.68 bits per heavy atom. The number of nitrogens with zero attached hydrogens (tertiary/aromatic N) is 1. The molecule has 0 saturated carbocycles. The van der Waals surface area contributed by atoms with E-state index in [1.807, 2.05) is 48.5 Å². The van der Waals surface area contributed by atoms with Gasteiger partial charge in [-0.05, 0) is 17.7 Å². The number of benzene rings is 2. The summed E-state index contributed by atoms with van der Waals surface area (Å²) in [5, 5.41) is 0. The average molecular weight is 255 g/mol. The lowest BCUT2D eigenvalue weighted by molar-refractivity contribution is 0.0828. The van der Waals surface area contributed by atoms with E-state index in [4.69, 9.17) is 4.74 Å². The van der Waals surface area contributed by atoms with Crippen LogP contribution in [0.3, 0.4) is 0 Å². The molecule has 19 heavy (non-hydrogen) atoms. The standard InChI is InChI=1S/C16H17NO2/c1-17(2)16(18)13-10-7-11-14(19-3)15(13)12-8-5-4-6-9-12/h4-11H,1-3H3. The summed E-state index contributed by atoms with van der Waals surface area (Å²) in [5.74, 6) is 0.677. The van der Waals surface area contributed by atoms with Crippen molar-refractivity contribution >= 4 is 5.91 Å². The maximum atomic E-state index is 12.3. The number of methoxy groups -OCH3 is 1. The van der Waals surface area contributed by atoms with Gasteiger partial charge in [0.2, 0.25) is 0 Å². The van der Waals surface area contributed by atoms with Crippen molar-refractivity contribution in [3.63, 3.8) is 0 Å². The molecule has 0 unspecified atom stereocenters. The molecule has 2 rings (SSSR count). The van der Waals surface area contributed by atoms with Crippen LogP contribution >= 0.6 is 0 Å². The van der Waals surface area contributed by atoms with Gasteiger partial charge < -0.3 is 9.64 Å². The molecule has 2 aromatic carbocycles. The zero-order valence-electron chi connectivity index (χ0n) is 11.4. The first-order valence-corrected chi connectivity index (χ1v) is 6.09. The van der Waals surface area contributed by atoms with Gasteiger partial charge in [0.25, 0.3) is 5.91 Å². The van der Waals surface area contributed by atoms with Crippen LogP contribution in [0.2, 0.25) is 0 Å². The molecule has 0 aromatic heterocycles. The second-order valence-electron chi connectivity index (χ2n) is 4.45. The minimum Gasteiger partial charge on any atom is -0.496 e. The smallest absolute Gasteiger partial charge is 0.254 e. The van der Waals surface area contributed by atoms with E-state index in [1.54, 1.807) is 26.1 Å². The quantitative estimate of drug-likeness (QED) is 0.843. The first kappa shape index (κ1) is 13.1. The van der Waals surface area contributed by atoms with Crippen molar-refractivity contribution in [2.45, 2.75) is 0 Å². The normalized spacial score (nSPS) is 10.1. The highest BCUT2D eigenvalue weighted by Gasteiger charge is 2.18. The molecule has 0 aliphatic rings. The Kier molecular flexibility index (Phi) is 3.85. The third kappa shape index (κ3) is 2.60. The minimum atomic E-state index is -0.0299. The monoisotopic (exact) mass is 255 g/mol. The molecule has 2 aromatic rings. The van der Waals surface area contributed by atoms with Crippen LogP contribution in [-0.4, -0.2) is 32.0 Å². The zero-order chi connectivity index (χ0) is 13.8. The summed E-state index contributed by atoms with van der Waals surface area (Å²) in [6.45, 7) is 0. The van der Waals surface area contributed by atoms with E-state index in [0.29, 0.717) is 11.3 Å². The fourth-order valence-electron chi connectivity index (χ4n) is 2.02. The van der Waals surface area contributed by atoms with Gasteiger partial charge in [0.15, 0.2) is 0 Å². The Hall–Kier alpha value is -2.29. The molecule has 0 bridgehead atoms. The molecule has 98 valence electrons. The van der Waals surface area contributed by atoms with Crippen LogP contribution in [0.1, 0.15) is 10.4 Å². The summed E-state index contributed by atoms with van der Waals surface area (Å²) in [6, 6.07) is 15.3. The van der Waals surface area contributed by atoms with Crippen LogP contribution in [0, 0.1) is 0 Å². The topological polar surface area (TPSA) is 29.5 Å². The summed E-state index contributed by atoms with van der Waals surface area (Å²) >= 11 is 0. The van der Waals surface area contributed by atoms with Gasteiger partial charge in [-0.15, -0.1) is 0 Å². The van der Waals surface area contributed by atoms with E-state index >= 15 is 0 Å². The van der Waals surface area contributed by atoms with Crippen molar-refractivity contribution in [2.24, 2.45) is 0 Å². The highest BCUT2D eigenvalue weighted by molar-refractivity contribution is 6.02. The molecule has 0 spiro atoms. The fraction of sp³-hybridized carbons (Fsp3) is 0.188. The molecular formula is C16H17NO2. The van der Waals surface area contributed by atoms with E-state index in [-0.39, 0.29) is 5.91 Å². The fourth-order valence-corrected chi connectivity index (χ4v) is 2.02. The maximum absolute atomic E-state index is 12.3. The molecule has 0 heterocycles. The Labute approximate surface area is 113 Å². The van der Waals surface area contributed by atoms with Crippen LogP contribution in [0.5, 0.6) is 5.75 Å². The van der Waals surface area contributed by atoms with Gasteiger partial charge in [0, 0.05) is 19.7 Å². The molecule has 0 radical (unpaired) electrons. The highest BCUT2D eigenvalue weighted by atomic mass is 16.5. The van der Waals surface area contributed by atoms with Crippen molar-refractivity contribution in [3.05, 3.63) is 54.1 Å². The third-order valence-electron chi connectivity index (χ3n) is 2.95. The van der Waals surface area contributed by atoms with E-state index in [2.05, 4.69) is 0 Å². The number of ether oxygens (including phenoxy) is 1. The summed E-state index contributed by atoms with van der Waals surface area (Å²) < 4.78 is 5.40. The molecule has 0 fully saturated rings. The molecule has 3 heteroatoms. The molecule has 1 amide bonds. The minimum absolute atomic E-state index is 0.0299. The lowest BCUT2D eigenvalue weighted by Crippen LogP contribution is -2.22. The van der Waals surface area contributed by atoms with E-state index < -0.39 is 0 Å². The van der Waals surface area contributed by atoms with E-state index in [9.17, 15) is 4.79 Å². The molecule has 3 nitrogen and oxygen atoms in total. The van der Waals surface area contributed by atoms with Crippen molar-refractivity contribution in [1.82, 2.24) is 4.90 Å². The van der Waals surface area contributed by atoms with Crippen LogP contribution in [0.4, 0.5) is 0 Å². The summed E-state index contributed by atoms with van der Waals surface area (Å²) in [7, 11) is 5.11. The Bertz CT molecular complexity index is 577. The first-order valence-electron chi connectivity index (χ1n) is 6.09. The van der Waals surface area contributed by atoms with Crippen LogP contribution in [0.25, 0.3) is 11.1 Å². The molecule has 0 saturated heterocycles. The van der Waals surface area contributed by atoms with Gasteiger partial charge in [0.05, 0.1) is 12.7 Å². The van der Waals surface area contributed by atoms with Crippen LogP contribution in [-0.2, 0) is 0 Å². The highest BCUT2D eigenvalue weighted by Crippen LogP contribution is 2.33. The predicted octanol–water partition coefficient (Wildman–Crippen LogP) is 3.06. The van der Waals surface area contributed by atoms with E-state index in [1.165, 1.54) is 0 Å². The number of hydrogen-bond donors (Lipinski definition) is 0. The average Bonchev–Trinajstić information content (AvgIpc) is 2.46. The SMILES string of the molecule is COc1cccc(C(=O)N(C)C)c1-c1ccccc1. The van der Waals surface area contributed by atoms with Crippen LogP contribution < -0.4 is 4.74 Å². The number of rotatable bonds is 3. The lowest BCUT2D eigenvalue weighted by Gasteiger charge is -2.16. The van der Waals surface area contributed by atoms with Crippen molar-refractivity contribution in [3.8, 4) is 16.9 Å². The number of carbonyl (C=O) groups is 1. The van der Waals surface area contributed by atoms with E-state index in [0.717, 1.165) is 11.1 Å². The van der Waals surface area contributed by atoms with Gasteiger partial charge in [-0.25, -0.2) is 0 Å². The number of hydrogen-bond acceptors (Lipinski definition) is 2. The van der Waals surface area contributed by atoms with Gasteiger partial charge in [-0.3, -0.25) is 4.79 Å². The van der Waals surface area contributed by atoms with Gasteiger partial charge in [0.1, 0.15) is 5.75 Å². The molecular weight excluding hydrogens is 238 g/mol. The molecule has 0 aliphatic carbocycles. The summed E-state index contributed by atoms with van der Waals surface area (Å²) in [6.07, 6.45) is 0. The van der Waals surface area contributed by atoms with Crippen molar-refractivity contribution in [2.75, 3.05) is 21.2 Å². The predicted molar refractivity (Wildman–Crippen MR) is 76.4 cm³/mol. The maximum Gasteiger partial charge on any atom is 0.254 e. The summed E-state index contributed by atoms with van der Waals surface area (Å²) in [5.41, 5.74) is 2.46. The Morgan fingerprint density at radius 1 is 1.00 bits per heavy atom. The van der Waals surface area contributed by atoms with Gasteiger partial charge >= 0.3 is 0 Å². The molecule has 0 N–H and O–H groups in total. The molecule has 0 atom stereocenters. The second-order valence-corrected chi connectivity index (χ2v) is 4.45. The summed E-state index contributed by atoms with van der Waals surface area (Å²) in [4.78, 5) is 13.8. The third-order valence-corrected chi connectivity index (χ3v) is 2.95. The number of carbonyl (C=O) groups excluding carboxylic acids is 1. The van der Waals surface area contributed by atoms with Gasteiger partial charge in [-0.1, -0.05) is 36.4 Å². The number of amides is 1.